The van der Waals surface area contributed by atoms with Gasteiger partial charge < -0.3 is 15.4 Å². The van der Waals surface area contributed by atoms with Crippen LogP contribution < -0.4 is 5.73 Å². The lowest BCUT2D eigenvalue weighted by atomic mass is 10.0. The first-order valence-electron chi connectivity index (χ1n) is 7.86. The summed E-state index contributed by atoms with van der Waals surface area (Å²) in [5.41, 5.74) is 6.01. The molecule has 0 aromatic rings. The zero-order valence-corrected chi connectivity index (χ0v) is 15.5. The van der Waals surface area contributed by atoms with Crippen molar-refractivity contribution >= 4 is 29.9 Å². The summed E-state index contributed by atoms with van der Waals surface area (Å²) in [5, 5.41) is 0. The van der Waals surface area contributed by atoms with Crippen LogP contribution in [0.3, 0.4) is 0 Å². The molecule has 1 rings (SSSR count). The summed E-state index contributed by atoms with van der Waals surface area (Å²) in [6.07, 6.45) is 8.02. The number of unbranched alkanes of at least 4 members (excludes halogenated alkanes) is 4. The number of rotatable bonds is 8. The number of hydrogen-bond acceptors (Lipinski definition) is 2. The molecule has 0 aromatic heterocycles. The average Bonchev–Trinajstić information content (AvgIpc) is 2.45. The number of hydrogen-bond donors (Lipinski definition) is 1. The van der Waals surface area contributed by atoms with Crippen LogP contribution >= 0.6 is 24.0 Å². The lowest BCUT2D eigenvalue weighted by Crippen LogP contribution is -2.45. The zero-order chi connectivity index (χ0) is 13.9. The molecule has 2 N–H and O–H groups in total. The molecule has 1 unspecified atom stereocenters. The molecule has 0 amide bonds. The fourth-order valence-electron chi connectivity index (χ4n) is 2.33. The summed E-state index contributed by atoms with van der Waals surface area (Å²) in [7, 11) is 0. The molecule has 0 aliphatic carbocycles. The molecule has 120 valence electrons. The van der Waals surface area contributed by atoms with Gasteiger partial charge in [-0.05, 0) is 12.3 Å². The number of ether oxygens (including phenoxy) is 1. The van der Waals surface area contributed by atoms with E-state index in [0.29, 0.717) is 11.9 Å². The van der Waals surface area contributed by atoms with Crippen molar-refractivity contribution in [3.05, 3.63) is 0 Å². The van der Waals surface area contributed by atoms with Crippen molar-refractivity contribution in [1.29, 1.82) is 0 Å². The second kappa shape index (κ2) is 12.7. The van der Waals surface area contributed by atoms with E-state index >= 15 is 0 Å². The Morgan fingerprint density at radius 2 is 1.85 bits per heavy atom. The average molecular weight is 397 g/mol. The highest BCUT2D eigenvalue weighted by molar-refractivity contribution is 14.0. The summed E-state index contributed by atoms with van der Waals surface area (Å²) in [4.78, 5) is 6.65. The third-order valence-corrected chi connectivity index (χ3v) is 3.70. The van der Waals surface area contributed by atoms with E-state index in [2.05, 4.69) is 23.7 Å². The van der Waals surface area contributed by atoms with Gasteiger partial charge in [0.25, 0.3) is 0 Å². The van der Waals surface area contributed by atoms with Crippen molar-refractivity contribution in [1.82, 2.24) is 4.90 Å². The summed E-state index contributed by atoms with van der Waals surface area (Å²) in [5.74, 6) is 1.34. The lowest BCUT2D eigenvalue weighted by Gasteiger charge is -2.27. The van der Waals surface area contributed by atoms with Crippen molar-refractivity contribution in [2.75, 3.05) is 32.8 Å². The Hall–Kier alpha value is -0.0400. The number of nitrogens with zero attached hydrogens (tertiary/aromatic N) is 2. The number of nitrogens with two attached hydrogens (primary N) is 1. The van der Waals surface area contributed by atoms with Gasteiger partial charge in [-0.1, -0.05) is 46.0 Å². The van der Waals surface area contributed by atoms with Crippen LogP contribution in [-0.4, -0.2) is 43.7 Å². The van der Waals surface area contributed by atoms with Crippen LogP contribution in [0.2, 0.25) is 0 Å². The van der Waals surface area contributed by atoms with Crippen LogP contribution in [0.25, 0.3) is 0 Å². The number of morpholine rings is 1. The van der Waals surface area contributed by atoms with E-state index in [1.54, 1.807) is 0 Å². The molecule has 1 heterocycles. The predicted octanol–water partition coefficient (Wildman–Crippen LogP) is 3.25. The smallest absolute Gasteiger partial charge is 0.191 e. The highest BCUT2D eigenvalue weighted by Gasteiger charge is 2.12. The van der Waals surface area contributed by atoms with Gasteiger partial charge in [-0.2, -0.15) is 0 Å². The Balaban J connectivity index is 0.00000361. The molecule has 1 aliphatic rings. The Kier molecular flexibility index (Phi) is 12.7. The van der Waals surface area contributed by atoms with Gasteiger partial charge in [-0.25, -0.2) is 0 Å². The Bertz CT molecular complexity index is 256. The van der Waals surface area contributed by atoms with Gasteiger partial charge in [0.15, 0.2) is 5.96 Å². The van der Waals surface area contributed by atoms with E-state index in [-0.39, 0.29) is 24.0 Å². The zero-order valence-electron chi connectivity index (χ0n) is 13.1. The van der Waals surface area contributed by atoms with E-state index in [4.69, 9.17) is 10.5 Å². The molecular formula is C15H32IN3O. The third-order valence-electron chi connectivity index (χ3n) is 3.70. The van der Waals surface area contributed by atoms with Crippen LogP contribution in [0.15, 0.2) is 4.99 Å². The minimum absolute atomic E-state index is 0. The van der Waals surface area contributed by atoms with Crippen molar-refractivity contribution in [2.45, 2.75) is 52.4 Å². The van der Waals surface area contributed by atoms with E-state index in [1.807, 2.05) is 0 Å². The van der Waals surface area contributed by atoms with Crippen molar-refractivity contribution < 1.29 is 4.74 Å². The fraction of sp³-hybridized carbons (Fsp3) is 0.933. The number of halogens is 1. The molecular weight excluding hydrogens is 365 g/mol. The molecule has 1 aliphatic heterocycles. The van der Waals surface area contributed by atoms with Gasteiger partial charge in [0, 0.05) is 19.6 Å². The van der Waals surface area contributed by atoms with E-state index in [1.165, 1.54) is 38.5 Å². The van der Waals surface area contributed by atoms with Gasteiger partial charge in [-0.3, -0.25) is 4.99 Å². The maximum Gasteiger partial charge on any atom is 0.191 e. The van der Waals surface area contributed by atoms with Crippen LogP contribution in [0.1, 0.15) is 52.4 Å². The van der Waals surface area contributed by atoms with Crippen molar-refractivity contribution in [3.8, 4) is 0 Å². The summed E-state index contributed by atoms with van der Waals surface area (Å²) < 4.78 is 5.31. The lowest BCUT2D eigenvalue weighted by molar-refractivity contribution is 0.0674. The Labute approximate surface area is 141 Å². The highest BCUT2D eigenvalue weighted by Crippen LogP contribution is 2.11. The molecule has 1 saturated heterocycles. The topological polar surface area (TPSA) is 50.8 Å². The van der Waals surface area contributed by atoms with E-state index in [0.717, 1.165) is 32.8 Å². The van der Waals surface area contributed by atoms with Gasteiger partial charge in [0.05, 0.1) is 13.2 Å². The molecule has 20 heavy (non-hydrogen) atoms. The number of aliphatic imine (C=N–C) groups is 1. The summed E-state index contributed by atoms with van der Waals surface area (Å²) in [6, 6.07) is 0. The maximum absolute atomic E-state index is 6.01. The molecule has 0 radical (unpaired) electrons. The van der Waals surface area contributed by atoms with E-state index < -0.39 is 0 Å². The van der Waals surface area contributed by atoms with Crippen molar-refractivity contribution in [3.63, 3.8) is 0 Å². The fourth-order valence-corrected chi connectivity index (χ4v) is 2.33. The SMILES string of the molecule is CCCCCCCC(C)CN=C(N)N1CCOCC1.I. The van der Waals surface area contributed by atoms with E-state index in [9.17, 15) is 0 Å². The molecule has 1 atom stereocenters. The van der Waals surface area contributed by atoms with Gasteiger partial charge >= 0.3 is 0 Å². The second-order valence-corrected chi connectivity index (χ2v) is 5.61. The van der Waals surface area contributed by atoms with Crippen LogP contribution in [-0.2, 0) is 4.74 Å². The molecule has 4 nitrogen and oxygen atoms in total. The number of guanidine groups is 1. The monoisotopic (exact) mass is 397 g/mol. The quantitative estimate of drug-likeness (QED) is 0.296. The molecule has 0 bridgehead atoms. The molecule has 1 fully saturated rings. The Morgan fingerprint density at radius 3 is 2.50 bits per heavy atom. The summed E-state index contributed by atoms with van der Waals surface area (Å²) >= 11 is 0. The van der Waals surface area contributed by atoms with Gasteiger partial charge in [0.1, 0.15) is 0 Å². The molecule has 5 heteroatoms. The molecule has 0 spiro atoms. The largest absolute Gasteiger partial charge is 0.378 e. The minimum atomic E-state index is 0. The van der Waals surface area contributed by atoms with Gasteiger partial charge in [0.2, 0.25) is 0 Å². The van der Waals surface area contributed by atoms with Gasteiger partial charge in [-0.15, -0.1) is 24.0 Å². The minimum Gasteiger partial charge on any atom is -0.378 e. The van der Waals surface area contributed by atoms with Crippen molar-refractivity contribution in [2.24, 2.45) is 16.6 Å². The Morgan fingerprint density at radius 1 is 1.20 bits per heavy atom. The normalized spacial score (nSPS) is 17.7. The predicted molar refractivity (Wildman–Crippen MR) is 96.8 cm³/mol. The first-order valence-corrected chi connectivity index (χ1v) is 7.86. The van der Waals surface area contributed by atoms with Crippen LogP contribution in [0.4, 0.5) is 0 Å². The second-order valence-electron chi connectivity index (χ2n) is 5.61. The van der Waals surface area contributed by atoms with Crippen LogP contribution in [0, 0.1) is 5.92 Å². The van der Waals surface area contributed by atoms with Crippen LogP contribution in [0.5, 0.6) is 0 Å². The maximum atomic E-state index is 6.01. The molecule has 0 saturated carbocycles. The molecule has 0 aromatic carbocycles. The highest BCUT2D eigenvalue weighted by atomic mass is 127. The standard InChI is InChI=1S/C15H31N3O.HI/c1-3-4-5-6-7-8-14(2)13-17-15(16)18-9-11-19-12-10-18;/h14H,3-13H2,1-2H3,(H2,16,17);1H. The third kappa shape index (κ3) is 9.00. The first kappa shape index (κ1) is 20.0. The summed E-state index contributed by atoms with van der Waals surface area (Å²) in [6.45, 7) is 8.67. The first-order chi connectivity index (χ1) is 9.24.